The zero-order chi connectivity index (χ0) is 94.3. The van der Waals surface area contributed by atoms with Crippen LogP contribution in [-0.4, -0.2) is 297 Å². The SMILES string of the molecule is [C-]#[N+]C[C@H]1CN(c2nc(OC[C@@H]3CCCN3C)nc3c2CCN(c2cccc4cccc(C)c24)C3)CCN1C(=O)/C=C/C#N.[C-]#[N+]C[C@H]1CN(c2nc(OC[C@@H]3CCCN3C)nc3c2CCN(c2cccc4cccc(C)c24)C3)CCN1C(=O)/C=C/C(=O)N(C)C.[C-]#[N+]C[C@H]1CN(c2nc(OC[C@@H]3CCCN3C)nc3c2CCN(c2cccc4cccc(C)c24)C3)CCN1C(=O)/C=C\C#N. The van der Waals surface area contributed by atoms with E-state index in [0.717, 1.165) is 148 Å². The lowest BCUT2D eigenvalue weighted by atomic mass is 9.99. The molecular weight excluding hydrogens is 1700 g/mol. The number of ether oxygens (including phenoxy) is 3. The summed E-state index contributed by atoms with van der Waals surface area (Å²) in [6, 6.07) is 43.7. The first-order valence-electron chi connectivity index (χ1n) is 47.2. The van der Waals surface area contributed by atoms with Gasteiger partial charge in [0, 0.05) is 197 Å². The number of allylic oxidation sites excluding steroid dienone is 2. The number of anilines is 6. The van der Waals surface area contributed by atoms with Crippen LogP contribution in [-0.2, 0) is 58.1 Å². The Morgan fingerprint density at radius 2 is 0.704 bits per heavy atom. The van der Waals surface area contributed by atoms with Crippen LogP contribution in [0.15, 0.2) is 146 Å². The summed E-state index contributed by atoms with van der Waals surface area (Å²) in [5, 5.41) is 25.3. The third-order valence-electron chi connectivity index (χ3n) is 28.1. The summed E-state index contributed by atoms with van der Waals surface area (Å²) in [6.07, 6.45) is 16.6. The van der Waals surface area contributed by atoms with Gasteiger partial charge in [-0.05, 0) is 170 Å². The summed E-state index contributed by atoms with van der Waals surface area (Å²) in [6.45, 7) is 43.3. The second-order valence-corrected chi connectivity index (χ2v) is 36.8. The van der Waals surface area contributed by atoms with Crippen molar-refractivity contribution in [3.63, 3.8) is 0 Å². The van der Waals surface area contributed by atoms with Crippen molar-refractivity contribution >= 4 is 90.5 Å². The molecule has 9 aliphatic heterocycles. The zero-order valence-electron chi connectivity index (χ0n) is 78.7. The molecule has 4 amide bonds. The van der Waals surface area contributed by atoms with Gasteiger partial charge in [-0.2, -0.15) is 40.4 Å². The molecule has 12 heterocycles. The molecule has 698 valence electrons. The molecule has 6 atom stereocenters. The summed E-state index contributed by atoms with van der Waals surface area (Å²) in [5.74, 6) is 1.52. The van der Waals surface area contributed by atoms with E-state index in [9.17, 15) is 19.2 Å². The molecular formula is C104H120N24O7. The van der Waals surface area contributed by atoms with E-state index in [1.165, 1.54) is 107 Å². The minimum absolute atomic E-state index is 0.163. The number of likely N-dealkylation sites (N-methyl/N-ethyl adjacent to an activating group) is 4. The van der Waals surface area contributed by atoms with E-state index in [1.54, 1.807) is 28.8 Å². The van der Waals surface area contributed by atoms with Crippen molar-refractivity contribution < 1.29 is 33.4 Å². The second-order valence-electron chi connectivity index (χ2n) is 36.8. The molecule has 18 rings (SSSR count). The number of carbonyl (C=O) groups is 4. The predicted octanol–water partition coefficient (Wildman–Crippen LogP) is 11.5. The summed E-state index contributed by atoms with van der Waals surface area (Å²) >= 11 is 0. The molecule has 31 nitrogen and oxygen atoms in total. The van der Waals surface area contributed by atoms with Gasteiger partial charge in [-0.25, -0.2) is 19.7 Å². The number of aromatic nitrogens is 6. The molecule has 3 aromatic heterocycles. The highest BCUT2D eigenvalue weighted by atomic mass is 16.5. The molecule has 9 aliphatic rings. The fraction of sp³-hybridized carbons (Fsp3) is 0.452. The van der Waals surface area contributed by atoms with E-state index in [4.69, 9.17) is 74.4 Å². The number of benzene rings is 6. The number of carbonyl (C=O) groups excluding carboxylic acids is 4. The van der Waals surface area contributed by atoms with Gasteiger partial charge in [-0.3, -0.25) is 19.2 Å². The summed E-state index contributed by atoms with van der Waals surface area (Å²) in [5.41, 5.74) is 13.5. The molecule has 0 radical (unpaired) electrons. The highest BCUT2D eigenvalue weighted by molar-refractivity contribution is 6.00. The van der Waals surface area contributed by atoms with Crippen LogP contribution in [0.1, 0.15) is 89.0 Å². The Hall–Kier alpha value is -14.0. The minimum atomic E-state index is -0.339. The van der Waals surface area contributed by atoms with Crippen LogP contribution < -0.4 is 43.6 Å². The zero-order valence-corrected chi connectivity index (χ0v) is 78.7. The third-order valence-corrected chi connectivity index (χ3v) is 28.1. The minimum Gasteiger partial charge on any atom is -0.462 e. The predicted molar refractivity (Wildman–Crippen MR) is 525 cm³/mol. The fourth-order valence-electron chi connectivity index (χ4n) is 20.7. The Morgan fingerprint density at radius 3 is 0.985 bits per heavy atom. The monoisotopic (exact) mass is 1820 g/mol. The molecule has 31 heteroatoms. The molecule has 0 unspecified atom stereocenters. The fourth-order valence-corrected chi connectivity index (χ4v) is 20.7. The van der Waals surface area contributed by atoms with Crippen LogP contribution in [0.2, 0.25) is 0 Å². The van der Waals surface area contributed by atoms with Crippen LogP contribution in [0.4, 0.5) is 34.5 Å². The van der Waals surface area contributed by atoms with Crippen molar-refractivity contribution in [3.05, 3.63) is 230 Å². The molecule has 0 bridgehead atoms. The summed E-state index contributed by atoms with van der Waals surface area (Å²) < 4.78 is 18.9. The van der Waals surface area contributed by atoms with Crippen LogP contribution in [0.3, 0.4) is 0 Å². The van der Waals surface area contributed by atoms with Crippen molar-refractivity contribution in [3.8, 4) is 30.2 Å². The lowest BCUT2D eigenvalue weighted by molar-refractivity contribution is -0.129. The lowest BCUT2D eigenvalue weighted by Gasteiger charge is -2.41. The number of rotatable bonds is 22. The summed E-state index contributed by atoms with van der Waals surface area (Å²) in [4.78, 5) is 119. The highest BCUT2D eigenvalue weighted by Crippen LogP contribution is 2.42. The van der Waals surface area contributed by atoms with Gasteiger partial charge in [0.2, 0.25) is 43.3 Å². The van der Waals surface area contributed by atoms with Crippen molar-refractivity contribution in [1.29, 1.82) is 10.5 Å². The Morgan fingerprint density at radius 1 is 0.400 bits per heavy atom. The second kappa shape index (κ2) is 43.3. The van der Waals surface area contributed by atoms with Crippen LogP contribution in [0.25, 0.3) is 46.9 Å². The largest absolute Gasteiger partial charge is 0.462 e. The molecule has 0 N–H and O–H groups in total. The maximum atomic E-state index is 13.2. The number of nitriles is 2. The number of likely N-dealkylation sites (tertiary alicyclic amines) is 3. The number of hydrogen-bond acceptors (Lipinski definition) is 24. The first kappa shape index (κ1) is 94.2. The van der Waals surface area contributed by atoms with Gasteiger partial charge in [-0.15, -0.1) is 0 Å². The first-order valence-corrected chi connectivity index (χ1v) is 47.2. The Labute approximate surface area is 791 Å². The van der Waals surface area contributed by atoms with Gasteiger partial charge in [-0.1, -0.05) is 91.0 Å². The molecule has 0 aliphatic carbocycles. The van der Waals surface area contributed by atoms with Crippen molar-refractivity contribution in [2.24, 2.45) is 0 Å². The number of aryl methyl sites for hydroxylation is 3. The van der Waals surface area contributed by atoms with Crippen LogP contribution in [0, 0.1) is 63.1 Å². The smallest absolute Gasteiger partial charge is 0.318 e. The van der Waals surface area contributed by atoms with Crippen molar-refractivity contribution in [2.45, 2.75) is 134 Å². The van der Waals surface area contributed by atoms with E-state index in [1.807, 2.05) is 12.1 Å². The quantitative estimate of drug-likeness (QED) is 0.0346. The number of amides is 4. The van der Waals surface area contributed by atoms with Gasteiger partial charge in [0.1, 0.15) is 55.4 Å². The highest BCUT2D eigenvalue weighted by Gasteiger charge is 2.41. The maximum Gasteiger partial charge on any atom is 0.318 e. The third kappa shape index (κ3) is 21.5. The Balaban J connectivity index is 0.000000147. The first-order chi connectivity index (χ1) is 65.6. The number of hydrogen-bond donors (Lipinski definition) is 0. The topological polar surface area (TPSA) is 276 Å². The molecule has 135 heavy (non-hydrogen) atoms. The number of nitrogens with zero attached hydrogens (tertiary/aromatic N) is 24. The maximum absolute atomic E-state index is 13.2. The molecule has 0 saturated carbocycles. The molecule has 6 aromatic carbocycles. The lowest BCUT2D eigenvalue weighted by Crippen LogP contribution is -2.56. The Bertz CT molecular complexity index is 5940. The standard InChI is InChI=1S/C36H44N8O3.2C34H38N8O2/c1-25-9-6-10-26-11-7-13-31(34(25)26)42-18-16-29-30(23-42)38-36(47-24-27-12-8-17-41(27)5)39-35(29)43-19-20-44(28(22-43)21-37-2)33(46)15-14-32(45)40(3)4;2*1-24-8-4-9-25-10-5-12-30(32(24)25)40-17-14-28-29(22-40)37-34(44-23-26-11-7-16-39(26)3)38-33(28)41-18-19-42(27(21-41)20-36-2)31(43)13-6-15-35/h6-7,9-11,13-15,27-28H,8,12,16-24H2,1,3-5H3;2*4-6,8-10,12-13,26-27H,7,11,14,16-23H2,1,3H3/b15-14+;13-6+;13-6-/t27-,28-;2*26-,27-/m000/s1. The van der Waals surface area contributed by atoms with E-state index in [-0.39, 0.29) is 61.4 Å². The van der Waals surface area contributed by atoms with Gasteiger partial charge in [0.25, 0.3) is 0 Å². The summed E-state index contributed by atoms with van der Waals surface area (Å²) in [7, 11) is 9.69. The van der Waals surface area contributed by atoms with E-state index >= 15 is 0 Å². The van der Waals surface area contributed by atoms with Gasteiger partial charge >= 0.3 is 18.0 Å². The average Bonchev–Trinajstić information content (AvgIpc) is 1.49. The van der Waals surface area contributed by atoms with Gasteiger partial charge in [0.15, 0.2) is 0 Å². The molecule has 6 saturated heterocycles. The van der Waals surface area contributed by atoms with Gasteiger partial charge in [0.05, 0.1) is 48.9 Å². The normalized spacial score (nSPS) is 20.3. The Kier molecular flexibility index (Phi) is 30.2. The van der Waals surface area contributed by atoms with Crippen molar-refractivity contribution in [1.82, 2.24) is 64.2 Å². The number of piperazine rings is 3. The molecule has 0 spiro atoms. The molecule has 9 aromatic rings. The van der Waals surface area contributed by atoms with E-state index in [0.29, 0.717) is 135 Å². The molecule has 6 fully saturated rings. The van der Waals surface area contributed by atoms with Crippen LogP contribution >= 0.6 is 0 Å². The number of fused-ring (bicyclic) bond motifs is 6. The van der Waals surface area contributed by atoms with Crippen molar-refractivity contribution in [2.75, 3.05) is 202 Å². The van der Waals surface area contributed by atoms with E-state index in [2.05, 4.69) is 210 Å². The van der Waals surface area contributed by atoms with E-state index < -0.39 is 0 Å². The van der Waals surface area contributed by atoms with Gasteiger partial charge < -0.3 is 92.4 Å². The average molecular weight is 1820 g/mol. The van der Waals surface area contributed by atoms with Crippen LogP contribution in [0.5, 0.6) is 18.0 Å².